The minimum atomic E-state index is -0.902. The van der Waals surface area contributed by atoms with Crippen LogP contribution in [0.3, 0.4) is 0 Å². The molecule has 2 aliphatic heterocycles. The molecule has 4 heterocycles. The van der Waals surface area contributed by atoms with E-state index < -0.39 is 23.6 Å². The maximum atomic E-state index is 14.2. The Balaban J connectivity index is 0.00000604. The number of benzene rings is 3. The fraction of sp³-hybridized carbons (Fsp3) is 0.378. The number of aryl methyl sites for hydroxylation is 1. The molecule has 14 nitrogen and oxygen atoms in total. The van der Waals surface area contributed by atoms with Gasteiger partial charge in [0.1, 0.15) is 17.8 Å². The van der Waals surface area contributed by atoms with E-state index in [1.165, 1.54) is 4.90 Å². The average molecular weight is 834 g/mol. The maximum absolute atomic E-state index is 14.2. The highest BCUT2D eigenvalue weighted by Gasteiger charge is 2.45. The summed E-state index contributed by atoms with van der Waals surface area (Å²) in [4.78, 5) is 52.7. The summed E-state index contributed by atoms with van der Waals surface area (Å²) in [5, 5.41) is 35.4. The van der Waals surface area contributed by atoms with Crippen LogP contribution in [0.1, 0.15) is 51.4 Å². The van der Waals surface area contributed by atoms with Crippen LogP contribution < -0.4 is 21.7 Å². The number of aromatic nitrogens is 3. The van der Waals surface area contributed by atoms with Crippen molar-refractivity contribution in [2.24, 2.45) is 5.41 Å². The zero-order valence-corrected chi connectivity index (χ0v) is 35.7. The zero-order valence-electron chi connectivity index (χ0n) is 34.8. The van der Waals surface area contributed by atoms with Crippen LogP contribution in [0.4, 0.5) is 5.69 Å². The molecule has 7 N–H and O–H groups in total. The predicted molar refractivity (Wildman–Crippen MR) is 235 cm³/mol. The minimum absolute atomic E-state index is 0. The van der Waals surface area contributed by atoms with Gasteiger partial charge in [0, 0.05) is 56.0 Å². The second kappa shape index (κ2) is 18.7. The lowest BCUT2D eigenvalue weighted by molar-refractivity contribution is -0.144. The first-order chi connectivity index (χ1) is 28.2. The van der Waals surface area contributed by atoms with Crippen molar-refractivity contribution in [3.05, 3.63) is 102 Å². The van der Waals surface area contributed by atoms with Gasteiger partial charge in [0.2, 0.25) is 17.7 Å². The third-order valence-electron chi connectivity index (χ3n) is 11.2. The van der Waals surface area contributed by atoms with Gasteiger partial charge in [0.25, 0.3) is 0 Å². The number of para-hydroxylation sites is 1. The Morgan fingerprint density at radius 3 is 2.25 bits per heavy atom. The molecule has 2 saturated heterocycles. The second-order valence-electron chi connectivity index (χ2n) is 16.5. The number of carbonyl (C=O) groups excluding carboxylic acids is 3. The molecular formula is C45H55N9O5S. The standard InChI is InChI=1S/C45H52N8O5S.H3N/c1-28(30-10-12-32(13-11-30)41-29(2)46-27-59-41)48-43(57)38-23-35(54)25-53(38)44(58)42(45(3,4)5)49-40(56)26-51-18-20-52(21-19-51)34-16-14-31(15-17-34)33-22-37(50-47-24-33)36-8-6-7-9-39(36)55;/h6-17,22,24,27-28,35,38,42,54-55H,18-21,23,25-26H2,1-5H3,(H,48,57)(H,49,56);1H3/t28-,35+,38-,42+;/m0./s1. The number of aliphatic hydroxyl groups is 1. The Bertz CT molecular complexity index is 2270. The zero-order chi connectivity index (χ0) is 41.8. The van der Waals surface area contributed by atoms with Crippen LogP contribution in [-0.4, -0.2) is 110 Å². The third kappa shape index (κ3) is 9.99. The van der Waals surface area contributed by atoms with Crippen molar-refractivity contribution in [3.63, 3.8) is 0 Å². The molecule has 0 spiro atoms. The molecule has 2 fully saturated rings. The molecule has 2 aliphatic rings. The number of nitrogens with one attached hydrogen (secondary N) is 2. The van der Waals surface area contributed by atoms with Crippen LogP contribution in [0.15, 0.2) is 90.6 Å². The summed E-state index contributed by atoms with van der Waals surface area (Å²) in [6.07, 6.45) is 0.969. The van der Waals surface area contributed by atoms with Crippen molar-refractivity contribution in [1.29, 1.82) is 0 Å². The largest absolute Gasteiger partial charge is 0.507 e. The lowest BCUT2D eigenvalue weighted by atomic mass is 9.85. The van der Waals surface area contributed by atoms with Gasteiger partial charge in [-0.3, -0.25) is 19.3 Å². The number of phenolic OH excluding ortho intramolecular Hbond substituents is 1. The van der Waals surface area contributed by atoms with Gasteiger partial charge in [0.05, 0.1) is 46.7 Å². The number of amides is 3. The molecule has 4 atom stereocenters. The number of likely N-dealkylation sites (tertiary alicyclic amines) is 1. The number of carbonyl (C=O) groups is 3. The Labute approximate surface area is 355 Å². The third-order valence-corrected chi connectivity index (χ3v) is 12.2. The Kier molecular flexibility index (Phi) is 13.6. The Hall–Kier alpha value is -5.74. The molecule has 0 aliphatic carbocycles. The van der Waals surface area contributed by atoms with E-state index in [-0.39, 0.29) is 55.2 Å². The molecule has 0 radical (unpaired) electrons. The van der Waals surface area contributed by atoms with E-state index in [0.29, 0.717) is 24.3 Å². The van der Waals surface area contributed by atoms with Gasteiger partial charge in [-0.05, 0) is 66.3 Å². The number of aliphatic hydroxyl groups excluding tert-OH is 1. The van der Waals surface area contributed by atoms with E-state index in [2.05, 4.69) is 47.7 Å². The highest BCUT2D eigenvalue weighted by atomic mass is 32.1. The molecule has 316 valence electrons. The highest BCUT2D eigenvalue weighted by molar-refractivity contribution is 7.13. The molecule has 3 aromatic carbocycles. The summed E-state index contributed by atoms with van der Waals surface area (Å²) in [6, 6.07) is 23.1. The van der Waals surface area contributed by atoms with Crippen molar-refractivity contribution < 1.29 is 24.6 Å². The van der Waals surface area contributed by atoms with E-state index in [1.807, 2.05) is 94.7 Å². The molecule has 0 unspecified atom stereocenters. The second-order valence-corrected chi connectivity index (χ2v) is 17.4. The molecule has 5 aromatic rings. The first-order valence-electron chi connectivity index (χ1n) is 20.0. The monoisotopic (exact) mass is 833 g/mol. The van der Waals surface area contributed by atoms with E-state index in [9.17, 15) is 24.6 Å². The van der Waals surface area contributed by atoms with Gasteiger partial charge < -0.3 is 36.8 Å². The SMILES string of the molecule is Cc1ncsc1-c1ccc([C@H](C)NC(=O)[C@@H]2C[C@@H](O)CN2C(=O)[C@@H](NC(=O)CN2CCN(c3ccc(-c4cnnc(-c5ccccc5O)c4)cc3)CC2)C(C)(C)C)cc1.N. The number of rotatable bonds is 11. The molecule has 15 heteroatoms. The summed E-state index contributed by atoms with van der Waals surface area (Å²) in [7, 11) is 0. The smallest absolute Gasteiger partial charge is 0.246 e. The van der Waals surface area contributed by atoms with Gasteiger partial charge in [-0.2, -0.15) is 10.2 Å². The van der Waals surface area contributed by atoms with Gasteiger partial charge in [-0.1, -0.05) is 69.3 Å². The van der Waals surface area contributed by atoms with Gasteiger partial charge >= 0.3 is 0 Å². The van der Waals surface area contributed by atoms with Crippen LogP contribution in [0, 0.1) is 12.3 Å². The van der Waals surface area contributed by atoms with Crippen LogP contribution in [0.25, 0.3) is 32.8 Å². The molecular weight excluding hydrogens is 779 g/mol. The van der Waals surface area contributed by atoms with E-state index in [0.717, 1.165) is 51.6 Å². The lowest BCUT2D eigenvalue weighted by Gasteiger charge is -2.37. The van der Waals surface area contributed by atoms with Crippen molar-refractivity contribution >= 4 is 34.7 Å². The number of aromatic hydroxyl groups is 1. The molecule has 3 amide bonds. The number of hydrogen-bond donors (Lipinski definition) is 5. The molecule has 2 aromatic heterocycles. The normalized spacial score (nSPS) is 18.0. The molecule has 7 rings (SSSR count). The van der Waals surface area contributed by atoms with Gasteiger partial charge in [-0.25, -0.2) is 4.98 Å². The van der Waals surface area contributed by atoms with Crippen molar-refractivity contribution in [2.45, 2.75) is 65.3 Å². The summed E-state index contributed by atoms with van der Waals surface area (Å²) in [5.41, 5.74) is 8.27. The number of β-amino-alcohol motifs (C(OH)–C–C–N with tert-alkyl or cyclic N) is 1. The summed E-state index contributed by atoms with van der Waals surface area (Å²) in [6.45, 7) is 12.4. The highest BCUT2D eigenvalue weighted by Crippen LogP contribution is 2.32. The van der Waals surface area contributed by atoms with Gasteiger partial charge in [0.15, 0.2) is 0 Å². The van der Waals surface area contributed by atoms with Crippen molar-refractivity contribution in [2.75, 3.05) is 44.2 Å². The fourth-order valence-corrected chi connectivity index (χ4v) is 8.61. The minimum Gasteiger partial charge on any atom is -0.507 e. The number of hydrogen-bond acceptors (Lipinski definition) is 12. The summed E-state index contributed by atoms with van der Waals surface area (Å²) < 4.78 is 0. The number of phenols is 1. The van der Waals surface area contributed by atoms with Crippen molar-refractivity contribution in [1.82, 2.24) is 41.8 Å². The number of thiazole rings is 1. The van der Waals surface area contributed by atoms with Crippen LogP contribution in [0.2, 0.25) is 0 Å². The van der Waals surface area contributed by atoms with E-state index in [4.69, 9.17) is 0 Å². The van der Waals surface area contributed by atoms with Gasteiger partial charge in [-0.15, -0.1) is 11.3 Å². The first kappa shape index (κ1) is 43.8. The van der Waals surface area contributed by atoms with Crippen molar-refractivity contribution in [3.8, 4) is 38.6 Å². The Morgan fingerprint density at radius 1 is 0.917 bits per heavy atom. The maximum Gasteiger partial charge on any atom is 0.246 e. The van der Waals surface area contributed by atoms with E-state index in [1.54, 1.807) is 29.7 Å². The summed E-state index contributed by atoms with van der Waals surface area (Å²) >= 11 is 1.58. The fourth-order valence-electron chi connectivity index (χ4n) is 7.80. The Morgan fingerprint density at radius 2 is 1.60 bits per heavy atom. The summed E-state index contributed by atoms with van der Waals surface area (Å²) in [5.74, 6) is -0.844. The predicted octanol–water partition coefficient (Wildman–Crippen LogP) is 5.60. The molecule has 0 saturated carbocycles. The number of anilines is 1. The molecule has 0 bridgehead atoms. The first-order valence-corrected chi connectivity index (χ1v) is 20.9. The van der Waals surface area contributed by atoms with E-state index >= 15 is 0 Å². The number of nitrogens with zero attached hydrogens (tertiary/aromatic N) is 6. The topological polar surface area (TPSA) is 199 Å². The van der Waals surface area contributed by atoms with Crippen LogP contribution in [0.5, 0.6) is 5.75 Å². The van der Waals surface area contributed by atoms with Crippen LogP contribution in [-0.2, 0) is 14.4 Å². The number of piperazine rings is 1. The molecule has 60 heavy (non-hydrogen) atoms. The average Bonchev–Trinajstić information content (AvgIpc) is 3.85. The quantitative estimate of drug-likeness (QED) is 0.111. The lowest BCUT2D eigenvalue weighted by Crippen LogP contribution is -2.59. The van der Waals surface area contributed by atoms with Crippen LogP contribution >= 0.6 is 11.3 Å².